The molecule has 0 spiro atoms. The first-order chi connectivity index (χ1) is 9.36. The van der Waals surface area contributed by atoms with Crippen LogP contribution in [0.3, 0.4) is 0 Å². The van der Waals surface area contributed by atoms with Crippen LogP contribution in [0.5, 0.6) is 0 Å². The Kier molecular flexibility index (Phi) is 4.90. The van der Waals surface area contributed by atoms with Crippen molar-refractivity contribution in [3.8, 4) is 0 Å². The van der Waals surface area contributed by atoms with E-state index in [4.69, 9.17) is 5.73 Å². The van der Waals surface area contributed by atoms with E-state index in [9.17, 15) is 0 Å². The molecule has 0 heterocycles. The van der Waals surface area contributed by atoms with Crippen LogP contribution in [0.15, 0.2) is 24.3 Å². The van der Waals surface area contributed by atoms with Crippen molar-refractivity contribution in [3.05, 3.63) is 35.4 Å². The normalized spacial score (nSPS) is 25.4. The molecule has 3 unspecified atom stereocenters. The Morgan fingerprint density at radius 2 is 1.80 bits per heavy atom. The predicted molar refractivity (Wildman–Crippen MR) is 87.9 cm³/mol. The first-order valence-corrected chi connectivity index (χ1v) is 8.21. The van der Waals surface area contributed by atoms with Crippen LogP contribution in [0.4, 0.5) is 0 Å². The van der Waals surface area contributed by atoms with E-state index in [-0.39, 0.29) is 5.41 Å². The van der Waals surface area contributed by atoms with Gasteiger partial charge in [0.1, 0.15) is 0 Å². The fraction of sp³-hybridized carbons (Fsp3) is 0.684. The van der Waals surface area contributed by atoms with Crippen molar-refractivity contribution in [1.82, 2.24) is 0 Å². The largest absolute Gasteiger partial charge is 0.327 e. The standard InChI is InChI=1S/C19H31N/c1-14-6-5-7-16(12-14)18(20)13-15-8-10-17(11-9-15)19(2,3)4/h8-11,14,16,18H,5-7,12-13,20H2,1-4H3. The molecule has 2 N–H and O–H groups in total. The molecule has 1 aromatic carbocycles. The van der Waals surface area contributed by atoms with E-state index in [0.717, 1.165) is 18.3 Å². The molecule has 0 radical (unpaired) electrons. The molecule has 1 nitrogen and oxygen atoms in total. The number of nitrogens with two attached hydrogens (primary N) is 1. The second-order valence-electron chi connectivity index (χ2n) is 7.85. The van der Waals surface area contributed by atoms with Crippen LogP contribution >= 0.6 is 0 Å². The summed E-state index contributed by atoms with van der Waals surface area (Å²) < 4.78 is 0. The molecule has 112 valence electrons. The average Bonchev–Trinajstić information content (AvgIpc) is 2.38. The number of benzene rings is 1. The van der Waals surface area contributed by atoms with Gasteiger partial charge in [0.2, 0.25) is 0 Å². The molecule has 0 saturated heterocycles. The second kappa shape index (κ2) is 6.30. The summed E-state index contributed by atoms with van der Waals surface area (Å²) in [7, 11) is 0. The zero-order chi connectivity index (χ0) is 14.8. The Bertz CT molecular complexity index is 412. The fourth-order valence-electron chi connectivity index (χ4n) is 3.45. The molecule has 1 aromatic rings. The van der Waals surface area contributed by atoms with Crippen molar-refractivity contribution >= 4 is 0 Å². The molecule has 1 saturated carbocycles. The maximum Gasteiger partial charge on any atom is 0.0108 e. The van der Waals surface area contributed by atoms with Crippen molar-refractivity contribution in [2.75, 3.05) is 0 Å². The quantitative estimate of drug-likeness (QED) is 0.850. The lowest BCUT2D eigenvalue weighted by atomic mass is 9.77. The van der Waals surface area contributed by atoms with Crippen molar-refractivity contribution in [1.29, 1.82) is 0 Å². The van der Waals surface area contributed by atoms with Gasteiger partial charge in [-0.15, -0.1) is 0 Å². The summed E-state index contributed by atoms with van der Waals surface area (Å²) in [6.07, 6.45) is 6.43. The maximum absolute atomic E-state index is 6.47. The van der Waals surface area contributed by atoms with E-state index < -0.39 is 0 Å². The van der Waals surface area contributed by atoms with E-state index in [1.807, 2.05) is 0 Å². The highest BCUT2D eigenvalue weighted by molar-refractivity contribution is 5.28. The second-order valence-corrected chi connectivity index (χ2v) is 7.85. The lowest BCUT2D eigenvalue weighted by molar-refractivity contribution is 0.245. The van der Waals surface area contributed by atoms with E-state index in [2.05, 4.69) is 52.0 Å². The van der Waals surface area contributed by atoms with Crippen molar-refractivity contribution in [3.63, 3.8) is 0 Å². The maximum atomic E-state index is 6.47. The molecular weight excluding hydrogens is 242 g/mol. The van der Waals surface area contributed by atoms with Crippen molar-refractivity contribution in [2.45, 2.75) is 71.3 Å². The minimum absolute atomic E-state index is 0.236. The van der Waals surface area contributed by atoms with Crippen LogP contribution in [0.1, 0.15) is 64.5 Å². The predicted octanol–water partition coefficient (Wildman–Crippen LogP) is 4.68. The first-order valence-electron chi connectivity index (χ1n) is 8.21. The van der Waals surface area contributed by atoms with Gasteiger partial charge in [0.15, 0.2) is 0 Å². The van der Waals surface area contributed by atoms with Gasteiger partial charge < -0.3 is 5.73 Å². The number of hydrogen-bond acceptors (Lipinski definition) is 1. The third-order valence-corrected chi connectivity index (χ3v) is 4.87. The minimum atomic E-state index is 0.236. The highest BCUT2D eigenvalue weighted by Crippen LogP contribution is 2.31. The molecule has 1 heteroatoms. The molecular formula is C19H31N. The average molecular weight is 273 g/mol. The molecule has 1 fully saturated rings. The molecule has 0 bridgehead atoms. The third kappa shape index (κ3) is 4.09. The number of rotatable bonds is 3. The van der Waals surface area contributed by atoms with Gasteiger partial charge in [0.25, 0.3) is 0 Å². The molecule has 0 amide bonds. The monoisotopic (exact) mass is 273 g/mol. The summed E-state index contributed by atoms with van der Waals surface area (Å²) in [6, 6.07) is 9.41. The fourth-order valence-corrected chi connectivity index (χ4v) is 3.45. The molecule has 20 heavy (non-hydrogen) atoms. The Hall–Kier alpha value is -0.820. The van der Waals surface area contributed by atoms with Gasteiger partial charge in [-0.2, -0.15) is 0 Å². The zero-order valence-corrected chi connectivity index (χ0v) is 13.7. The smallest absolute Gasteiger partial charge is 0.0108 e. The van der Waals surface area contributed by atoms with E-state index in [0.29, 0.717) is 6.04 Å². The van der Waals surface area contributed by atoms with Gasteiger partial charge in [0, 0.05) is 6.04 Å². The van der Waals surface area contributed by atoms with Gasteiger partial charge in [-0.3, -0.25) is 0 Å². The molecule has 0 aromatic heterocycles. The number of hydrogen-bond donors (Lipinski definition) is 1. The lowest BCUT2D eigenvalue weighted by Gasteiger charge is -2.31. The van der Waals surface area contributed by atoms with E-state index in [1.54, 1.807) is 0 Å². The summed E-state index contributed by atoms with van der Waals surface area (Å²) in [5.74, 6) is 1.59. The summed E-state index contributed by atoms with van der Waals surface area (Å²) in [4.78, 5) is 0. The van der Waals surface area contributed by atoms with Crippen molar-refractivity contribution < 1.29 is 0 Å². The van der Waals surface area contributed by atoms with Crippen LogP contribution in [0.25, 0.3) is 0 Å². The summed E-state index contributed by atoms with van der Waals surface area (Å²) >= 11 is 0. The van der Waals surface area contributed by atoms with Gasteiger partial charge in [-0.1, -0.05) is 64.8 Å². The molecule has 0 aliphatic heterocycles. The highest BCUT2D eigenvalue weighted by Gasteiger charge is 2.24. The van der Waals surface area contributed by atoms with Crippen LogP contribution in [0, 0.1) is 11.8 Å². The summed E-state index contributed by atoms with van der Waals surface area (Å²) in [5.41, 5.74) is 9.50. The zero-order valence-electron chi connectivity index (χ0n) is 13.7. The van der Waals surface area contributed by atoms with Crippen LogP contribution in [-0.4, -0.2) is 6.04 Å². The highest BCUT2D eigenvalue weighted by atomic mass is 14.7. The van der Waals surface area contributed by atoms with Crippen molar-refractivity contribution in [2.24, 2.45) is 17.6 Å². The minimum Gasteiger partial charge on any atom is -0.327 e. The van der Waals surface area contributed by atoms with Gasteiger partial charge >= 0.3 is 0 Å². The topological polar surface area (TPSA) is 26.0 Å². The molecule has 1 aliphatic rings. The van der Waals surface area contributed by atoms with Gasteiger partial charge in [0.05, 0.1) is 0 Å². The SMILES string of the molecule is CC1CCCC(C(N)Cc2ccc(C(C)(C)C)cc2)C1. The van der Waals surface area contributed by atoms with Gasteiger partial charge in [-0.05, 0) is 47.6 Å². The van der Waals surface area contributed by atoms with Crippen LogP contribution in [-0.2, 0) is 11.8 Å². The molecule has 2 rings (SSSR count). The lowest BCUT2D eigenvalue weighted by Crippen LogP contribution is -2.35. The van der Waals surface area contributed by atoms with Crippen LogP contribution < -0.4 is 5.73 Å². The Morgan fingerprint density at radius 1 is 1.15 bits per heavy atom. The molecule has 3 atom stereocenters. The summed E-state index contributed by atoms with van der Waals surface area (Å²) in [5, 5.41) is 0. The Balaban J connectivity index is 1.95. The summed E-state index contributed by atoms with van der Waals surface area (Å²) in [6.45, 7) is 9.16. The Labute approximate surface area is 125 Å². The van der Waals surface area contributed by atoms with E-state index >= 15 is 0 Å². The third-order valence-electron chi connectivity index (χ3n) is 4.87. The van der Waals surface area contributed by atoms with Gasteiger partial charge in [-0.25, -0.2) is 0 Å². The first kappa shape index (κ1) is 15.6. The molecule has 1 aliphatic carbocycles. The van der Waals surface area contributed by atoms with E-state index in [1.165, 1.54) is 36.8 Å². The Morgan fingerprint density at radius 3 is 2.35 bits per heavy atom. The van der Waals surface area contributed by atoms with Crippen LogP contribution in [0.2, 0.25) is 0 Å².